The third-order valence-electron chi connectivity index (χ3n) is 3.93. The van der Waals surface area contributed by atoms with Gasteiger partial charge in [0.2, 0.25) is 5.88 Å². The summed E-state index contributed by atoms with van der Waals surface area (Å²) in [6, 6.07) is 5.40. The van der Waals surface area contributed by atoms with E-state index in [4.69, 9.17) is 15.2 Å². The highest BCUT2D eigenvalue weighted by atomic mass is 16.6. The van der Waals surface area contributed by atoms with Crippen LogP contribution in [0.15, 0.2) is 24.4 Å². The molecule has 1 aromatic carbocycles. The normalized spacial score (nSPS) is 16.0. The summed E-state index contributed by atoms with van der Waals surface area (Å²) in [6.07, 6.45) is 2.83. The van der Waals surface area contributed by atoms with Gasteiger partial charge in [-0.25, -0.2) is 14.8 Å². The zero-order valence-electron chi connectivity index (χ0n) is 14.9. The van der Waals surface area contributed by atoms with Gasteiger partial charge in [-0.15, -0.1) is 0 Å². The van der Waals surface area contributed by atoms with E-state index in [1.165, 1.54) is 0 Å². The Kier molecular flexibility index (Phi) is 4.65. The largest absolute Gasteiger partial charge is 0.473 e. The third-order valence-corrected chi connectivity index (χ3v) is 3.93. The standard InChI is InChI=1S/C18H24N4O3/c1-18(2,3)25-17(23)22-8-6-13(7-9-22)24-16-11-20-15-10-12(19)4-5-14(15)21-16/h4-5,10-11,13H,6-9,19H2,1-3H3. The highest BCUT2D eigenvalue weighted by molar-refractivity contribution is 5.78. The van der Waals surface area contributed by atoms with Gasteiger partial charge >= 0.3 is 6.09 Å². The maximum absolute atomic E-state index is 12.1. The van der Waals surface area contributed by atoms with Crippen molar-refractivity contribution in [3.8, 4) is 5.88 Å². The molecule has 3 rings (SSSR count). The number of amides is 1. The molecule has 2 N–H and O–H groups in total. The summed E-state index contributed by atoms with van der Waals surface area (Å²) in [6.45, 7) is 6.82. The fourth-order valence-electron chi connectivity index (χ4n) is 2.72. The SMILES string of the molecule is CC(C)(C)OC(=O)N1CCC(Oc2cnc3cc(N)ccc3n2)CC1. The number of fused-ring (bicyclic) bond motifs is 1. The van der Waals surface area contributed by atoms with Crippen molar-refractivity contribution in [2.75, 3.05) is 18.8 Å². The second kappa shape index (κ2) is 6.74. The van der Waals surface area contributed by atoms with Crippen LogP contribution in [0.4, 0.5) is 10.5 Å². The fraction of sp³-hybridized carbons (Fsp3) is 0.500. The van der Waals surface area contributed by atoms with E-state index in [-0.39, 0.29) is 12.2 Å². The topological polar surface area (TPSA) is 90.6 Å². The van der Waals surface area contributed by atoms with Gasteiger partial charge in [-0.2, -0.15) is 0 Å². The molecular weight excluding hydrogens is 320 g/mol. The van der Waals surface area contributed by atoms with Gasteiger partial charge in [-0.1, -0.05) is 0 Å². The number of anilines is 1. The van der Waals surface area contributed by atoms with Gasteiger partial charge < -0.3 is 20.1 Å². The summed E-state index contributed by atoms with van der Waals surface area (Å²) in [4.78, 5) is 22.6. The number of likely N-dealkylation sites (tertiary alicyclic amines) is 1. The number of benzene rings is 1. The summed E-state index contributed by atoms with van der Waals surface area (Å²) in [7, 11) is 0. The average Bonchev–Trinajstić information content (AvgIpc) is 2.54. The number of hydrogen-bond donors (Lipinski definition) is 1. The summed E-state index contributed by atoms with van der Waals surface area (Å²) in [5.41, 5.74) is 7.42. The molecule has 134 valence electrons. The number of hydrogen-bond acceptors (Lipinski definition) is 6. The van der Waals surface area contributed by atoms with Crippen molar-refractivity contribution < 1.29 is 14.3 Å². The minimum atomic E-state index is -0.478. The summed E-state index contributed by atoms with van der Waals surface area (Å²) in [5, 5.41) is 0. The first-order valence-corrected chi connectivity index (χ1v) is 8.47. The van der Waals surface area contributed by atoms with Crippen molar-refractivity contribution in [3.05, 3.63) is 24.4 Å². The van der Waals surface area contributed by atoms with Crippen LogP contribution in [0.25, 0.3) is 11.0 Å². The summed E-state index contributed by atoms with van der Waals surface area (Å²) < 4.78 is 11.3. The highest BCUT2D eigenvalue weighted by Gasteiger charge is 2.27. The lowest BCUT2D eigenvalue weighted by atomic mass is 10.1. The Morgan fingerprint density at radius 3 is 2.64 bits per heavy atom. The molecule has 0 bridgehead atoms. The first-order chi connectivity index (χ1) is 11.8. The van der Waals surface area contributed by atoms with Gasteiger partial charge in [-0.3, -0.25) is 0 Å². The number of nitrogen functional groups attached to an aromatic ring is 1. The molecular formula is C18H24N4O3. The van der Waals surface area contributed by atoms with Crippen molar-refractivity contribution in [2.24, 2.45) is 0 Å². The molecule has 0 radical (unpaired) electrons. The second-order valence-corrected chi connectivity index (χ2v) is 7.24. The van der Waals surface area contributed by atoms with Gasteiger partial charge in [0.05, 0.1) is 17.2 Å². The molecule has 1 aliphatic heterocycles. The Balaban J connectivity index is 1.57. The van der Waals surface area contributed by atoms with Gasteiger partial charge in [0, 0.05) is 31.6 Å². The number of aromatic nitrogens is 2. The molecule has 1 aromatic heterocycles. The quantitative estimate of drug-likeness (QED) is 0.842. The zero-order valence-corrected chi connectivity index (χ0v) is 14.9. The highest BCUT2D eigenvalue weighted by Crippen LogP contribution is 2.21. The monoisotopic (exact) mass is 344 g/mol. The molecule has 0 unspecified atom stereocenters. The number of nitrogens with two attached hydrogens (primary N) is 1. The Hall–Kier alpha value is -2.57. The number of carbonyl (C=O) groups is 1. The molecule has 1 fully saturated rings. The molecule has 7 nitrogen and oxygen atoms in total. The van der Waals surface area contributed by atoms with Crippen molar-refractivity contribution >= 4 is 22.8 Å². The van der Waals surface area contributed by atoms with Crippen LogP contribution in [0.5, 0.6) is 5.88 Å². The molecule has 2 heterocycles. The lowest BCUT2D eigenvalue weighted by Crippen LogP contribution is -2.44. The molecule has 0 saturated carbocycles. The van der Waals surface area contributed by atoms with Crippen molar-refractivity contribution in [1.82, 2.24) is 14.9 Å². The average molecular weight is 344 g/mol. The van der Waals surface area contributed by atoms with E-state index in [1.807, 2.05) is 26.8 Å². The van der Waals surface area contributed by atoms with E-state index >= 15 is 0 Å². The van der Waals surface area contributed by atoms with Crippen LogP contribution >= 0.6 is 0 Å². The number of piperidine rings is 1. The minimum absolute atomic E-state index is 0.0132. The second-order valence-electron chi connectivity index (χ2n) is 7.24. The molecule has 7 heteroatoms. The lowest BCUT2D eigenvalue weighted by Gasteiger charge is -2.33. The van der Waals surface area contributed by atoms with E-state index in [1.54, 1.807) is 23.2 Å². The molecule has 1 amide bonds. The van der Waals surface area contributed by atoms with Crippen molar-refractivity contribution in [3.63, 3.8) is 0 Å². The van der Waals surface area contributed by atoms with Gasteiger partial charge in [0.1, 0.15) is 11.7 Å². The Labute approximate surface area is 147 Å². The maximum atomic E-state index is 12.1. The van der Waals surface area contributed by atoms with E-state index in [9.17, 15) is 4.79 Å². The Morgan fingerprint density at radius 1 is 1.24 bits per heavy atom. The Morgan fingerprint density at radius 2 is 1.96 bits per heavy atom. The minimum Gasteiger partial charge on any atom is -0.473 e. The number of carbonyl (C=O) groups excluding carboxylic acids is 1. The summed E-state index contributed by atoms with van der Waals surface area (Å²) in [5.74, 6) is 0.494. The Bertz CT molecular complexity index is 764. The predicted octanol–water partition coefficient (Wildman–Crippen LogP) is 2.99. The van der Waals surface area contributed by atoms with E-state index in [2.05, 4.69) is 9.97 Å². The van der Waals surface area contributed by atoms with Crippen molar-refractivity contribution in [1.29, 1.82) is 0 Å². The van der Waals surface area contributed by atoms with Crippen LogP contribution in [0.3, 0.4) is 0 Å². The smallest absolute Gasteiger partial charge is 0.410 e. The maximum Gasteiger partial charge on any atom is 0.410 e. The number of ether oxygens (including phenoxy) is 2. The van der Waals surface area contributed by atoms with Gasteiger partial charge in [-0.05, 0) is 39.0 Å². The van der Waals surface area contributed by atoms with Crippen LogP contribution in [-0.4, -0.2) is 45.8 Å². The van der Waals surface area contributed by atoms with E-state index in [0.717, 1.165) is 23.9 Å². The number of rotatable bonds is 2. The molecule has 0 atom stereocenters. The predicted molar refractivity (Wildman–Crippen MR) is 95.4 cm³/mol. The summed E-state index contributed by atoms with van der Waals surface area (Å²) >= 11 is 0. The molecule has 0 spiro atoms. The van der Waals surface area contributed by atoms with Gasteiger partial charge in [0.25, 0.3) is 0 Å². The van der Waals surface area contributed by atoms with Crippen LogP contribution in [0.2, 0.25) is 0 Å². The van der Waals surface area contributed by atoms with E-state index < -0.39 is 5.60 Å². The zero-order chi connectivity index (χ0) is 18.0. The number of nitrogens with zero attached hydrogens (tertiary/aromatic N) is 3. The first-order valence-electron chi connectivity index (χ1n) is 8.47. The fourth-order valence-corrected chi connectivity index (χ4v) is 2.72. The molecule has 1 aliphatic rings. The van der Waals surface area contributed by atoms with Crippen LogP contribution in [0.1, 0.15) is 33.6 Å². The van der Waals surface area contributed by atoms with Crippen LogP contribution < -0.4 is 10.5 Å². The van der Waals surface area contributed by atoms with Crippen LogP contribution in [0, 0.1) is 0 Å². The lowest BCUT2D eigenvalue weighted by molar-refractivity contribution is 0.0123. The third kappa shape index (κ3) is 4.49. The first kappa shape index (κ1) is 17.3. The van der Waals surface area contributed by atoms with E-state index in [0.29, 0.717) is 24.7 Å². The van der Waals surface area contributed by atoms with Crippen molar-refractivity contribution in [2.45, 2.75) is 45.3 Å². The molecule has 0 aliphatic carbocycles. The van der Waals surface area contributed by atoms with Crippen LogP contribution in [-0.2, 0) is 4.74 Å². The molecule has 1 saturated heterocycles. The molecule has 2 aromatic rings. The molecule has 25 heavy (non-hydrogen) atoms. The van der Waals surface area contributed by atoms with Gasteiger partial charge in [0.15, 0.2) is 0 Å².